The molecular formula is C20H11FN2O3S. The van der Waals surface area contributed by atoms with E-state index in [-0.39, 0.29) is 16.8 Å². The van der Waals surface area contributed by atoms with E-state index in [2.05, 4.69) is 4.98 Å². The highest BCUT2D eigenvalue weighted by molar-refractivity contribution is 7.13. The molecule has 1 atom stereocenters. The molecule has 0 bridgehead atoms. The van der Waals surface area contributed by atoms with Gasteiger partial charge < -0.3 is 4.42 Å². The number of nitrogens with zero attached hydrogens (tertiary/aromatic N) is 2. The molecule has 0 N–H and O–H groups in total. The van der Waals surface area contributed by atoms with Gasteiger partial charge in [0.25, 0.3) is 5.91 Å². The average molecular weight is 378 g/mol. The monoisotopic (exact) mass is 378 g/mol. The zero-order chi connectivity index (χ0) is 18.5. The normalized spacial score (nSPS) is 16.1. The number of carbonyl (C=O) groups is 1. The number of hydrogen-bond donors (Lipinski definition) is 0. The molecule has 0 aliphatic carbocycles. The van der Waals surface area contributed by atoms with Gasteiger partial charge in [-0.25, -0.2) is 9.37 Å². The van der Waals surface area contributed by atoms with Crippen molar-refractivity contribution in [3.05, 3.63) is 93.0 Å². The number of benzene rings is 2. The lowest BCUT2D eigenvalue weighted by molar-refractivity contribution is 0.0971. The van der Waals surface area contributed by atoms with Crippen molar-refractivity contribution in [3.63, 3.8) is 0 Å². The van der Waals surface area contributed by atoms with E-state index in [1.165, 1.54) is 28.4 Å². The number of carbonyl (C=O) groups excluding carboxylic acids is 1. The molecule has 27 heavy (non-hydrogen) atoms. The highest BCUT2D eigenvalue weighted by Crippen LogP contribution is 2.41. The Kier molecular flexibility index (Phi) is 3.45. The number of anilines is 1. The van der Waals surface area contributed by atoms with Crippen molar-refractivity contribution in [1.82, 2.24) is 4.98 Å². The fourth-order valence-corrected chi connectivity index (χ4v) is 4.11. The maximum Gasteiger partial charge on any atom is 0.297 e. The predicted octanol–water partition coefficient (Wildman–Crippen LogP) is 4.14. The number of para-hydroxylation sites is 1. The molecule has 1 amide bonds. The summed E-state index contributed by atoms with van der Waals surface area (Å²) in [5.41, 5.74) is 0.737. The van der Waals surface area contributed by atoms with Gasteiger partial charge in [0.05, 0.1) is 17.0 Å². The Labute approximate surface area is 156 Å². The minimum atomic E-state index is -0.796. The summed E-state index contributed by atoms with van der Waals surface area (Å²) in [5, 5.41) is 2.54. The number of amides is 1. The summed E-state index contributed by atoms with van der Waals surface area (Å²) in [7, 11) is 0. The Morgan fingerprint density at radius 3 is 2.74 bits per heavy atom. The Morgan fingerprint density at radius 1 is 1.11 bits per heavy atom. The van der Waals surface area contributed by atoms with E-state index in [9.17, 15) is 14.0 Å². The first-order valence-corrected chi connectivity index (χ1v) is 9.07. The first kappa shape index (κ1) is 15.9. The van der Waals surface area contributed by atoms with Crippen LogP contribution in [-0.4, -0.2) is 10.9 Å². The summed E-state index contributed by atoms with van der Waals surface area (Å²) in [6, 6.07) is 11.9. The van der Waals surface area contributed by atoms with Crippen LogP contribution in [0.1, 0.15) is 27.7 Å². The standard InChI is InChI=1S/C20H11FN2O3S/c21-12-5-3-4-11(10-12)16-15-17(24)13-6-1-2-7-14(13)26-18(15)19(25)23(16)20-22-8-9-27-20/h1-10,16H. The van der Waals surface area contributed by atoms with Gasteiger partial charge in [0.15, 0.2) is 10.6 Å². The fourth-order valence-electron chi connectivity index (χ4n) is 3.44. The zero-order valence-corrected chi connectivity index (χ0v) is 14.6. The van der Waals surface area contributed by atoms with Crippen LogP contribution in [0, 0.1) is 5.82 Å². The Bertz CT molecular complexity index is 1250. The van der Waals surface area contributed by atoms with E-state index >= 15 is 0 Å². The van der Waals surface area contributed by atoms with Crippen molar-refractivity contribution < 1.29 is 13.6 Å². The molecule has 3 heterocycles. The van der Waals surface area contributed by atoms with Crippen LogP contribution in [0.15, 0.2) is 69.3 Å². The van der Waals surface area contributed by atoms with Crippen molar-refractivity contribution in [1.29, 1.82) is 0 Å². The van der Waals surface area contributed by atoms with E-state index in [1.54, 1.807) is 48.0 Å². The third-order valence-electron chi connectivity index (χ3n) is 4.57. The second kappa shape index (κ2) is 5.85. The lowest BCUT2D eigenvalue weighted by Gasteiger charge is -2.22. The number of hydrogen-bond acceptors (Lipinski definition) is 5. The number of aromatic nitrogens is 1. The third kappa shape index (κ3) is 2.32. The topological polar surface area (TPSA) is 63.4 Å². The molecular weight excluding hydrogens is 367 g/mol. The summed E-state index contributed by atoms with van der Waals surface area (Å²) >= 11 is 1.26. The van der Waals surface area contributed by atoms with Crippen molar-refractivity contribution >= 4 is 33.3 Å². The van der Waals surface area contributed by atoms with Gasteiger partial charge in [-0.05, 0) is 29.8 Å². The van der Waals surface area contributed by atoms with Crippen molar-refractivity contribution in [2.45, 2.75) is 6.04 Å². The molecule has 4 aromatic rings. The van der Waals surface area contributed by atoms with E-state index in [4.69, 9.17) is 4.42 Å². The average Bonchev–Trinajstić information content (AvgIpc) is 3.29. The molecule has 5 rings (SSSR count). The molecule has 5 nitrogen and oxygen atoms in total. The lowest BCUT2D eigenvalue weighted by atomic mass is 9.98. The number of thiazole rings is 1. The molecule has 1 unspecified atom stereocenters. The van der Waals surface area contributed by atoms with Crippen LogP contribution < -0.4 is 10.3 Å². The van der Waals surface area contributed by atoms with Crippen LogP contribution in [0.5, 0.6) is 0 Å². The highest BCUT2D eigenvalue weighted by atomic mass is 32.1. The second-order valence-electron chi connectivity index (χ2n) is 6.12. The minimum Gasteiger partial charge on any atom is -0.450 e. The Balaban J connectivity index is 1.85. The smallest absolute Gasteiger partial charge is 0.297 e. The van der Waals surface area contributed by atoms with Crippen LogP contribution >= 0.6 is 11.3 Å². The number of halogens is 1. The van der Waals surface area contributed by atoms with Gasteiger partial charge in [0.2, 0.25) is 5.76 Å². The molecule has 0 spiro atoms. The third-order valence-corrected chi connectivity index (χ3v) is 5.34. The first-order chi connectivity index (χ1) is 13.1. The molecule has 7 heteroatoms. The van der Waals surface area contributed by atoms with Crippen LogP contribution in [0.4, 0.5) is 9.52 Å². The molecule has 0 saturated carbocycles. The SMILES string of the molecule is O=C1c2oc3ccccc3c(=O)c2C(c2cccc(F)c2)N1c1nccs1. The fraction of sp³-hybridized carbons (Fsp3) is 0.0500. The van der Waals surface area contributed by atoms with Crippen molar-refractivity contribution in [2.24, 2.45) is 0 Å². The maximum absolute atomic E-state index is 13.9. The van der Waals surface area contributed by atoms with Crippen LogP contribution in [0.25, 0.3) is 11.0 Å². The van der Waals surface area contributed by atoms with Gasteiger partial charge >= 0.3 is 0 Å². The number of fused-ring (bicyclic) bond motifs is 2. The number of rotatable bonds is 2. The second-order valence-corrected chi connectivity index (χ2v) is 6.99. The molecule has 0 radical (unpaired) electrons. The quantitative estimate of drug-likeness (QED) is 0.526. The Morgan fingerprint density at radius 2 is 1.96 bits per heavy atom. The van der Waals surface area contributed by atoms with Gasteiger partial charge in [-0.3, -0.25) is 14.5 Å². The molecule has 1 aliphatic rings. The molecule has 0 fully saturated rings. The highest BCUT2D eigenvalue weighted by Gasteiger charge is 2.44. The predicted molar refractivity (Wildman–Crippen MR) is 99.7 cm³/mol. The van der Waals surface area contributed by atoms with Crippen LogP contribution in [0.3, 0.4) is 0 Å². The Hall–Kier alpha value is -3.32. The van der Waals surface area contributed by atoms with E-state index in [0.717, 1.165) is 0 Å². The van der Waals surface area contributed by atoms with Gasteiger partial charge in [-0.1, -0.05) is 24.3 Å². The van der Waals surface area contributed by atoms with Gasteiger partial charge in [0, 0.05) is 11.6 Å². The largest absolute Gasteiger partial charge is 0.450 e. The van der Waals surface area contributed by atoms with Crippen molar-refractivity contribution in [2.75, 3.05) is 4.90 Å². The molecule has 2 aromatic carbocycles. The summed E-state index contributed by atoms with van der Waals surface area (Å²) in [6.07, 6.45) is 1.57. The molecule has 132 valence electrons. The van der Waals surface area contributed by atoms with Crippen LogP contribution in [-0.2, 0) is 0 Å². The van der Waals surface area contributed by atoms with E-state index in [0.29, 0.717) is 21.7 Å². The summed E-state index contributed by atoms with van der Waals surface area (Å²) < 4.78 is 19.7. The van der Waals surface area contributed by atoms with E-state index < -0.39 is 17.8 Å². The van der Waals surface area contributed by atoms with Gasteiger partial charge in [-0.2, -0.15) is 0 Å². The van der Waals surface area contributed by atoms with E-state index in [1.807, 2.05) is 0 Å². The minimum absolute atomic E-state index is 0.0249. The summed E-state index contributed by atoms with van der Waals surface area (Å²) in [4.78, 5) is 31.9. The zero-order valence-electron chi connectivity index (χ0n) is 13.8. The van der Waals surface area contributed by atoms with Crippen LogP contribution in [0.2, 0.25) is 0 Å². The summed E-state index contributed by atoms with van der Waals surface area (Å²) in [5.74, 6) is -0.933. The molecule has 0 saturated heterocycles. The van der Waals surface area contributed by atoms with Gasteiger partial charge in [0.1, 0.15) is 11.4 Å². The van der Waals surface area contributed by atoms with Gasteiger partial charge in [-0.15, -0.1) is 11.3 Å². The molecule has 1 aliphatic heterocycles. The first-order valence-electron chi connectivity index (χ1n) is 8.19. The lowest BCUT2D eigenvalue weighted by Crippen LogP contribution is -2.29. The maximum atomic E-state index is 13.9. The summed E-state index contributed by atoms with van der Waals surface area (Å²) in [6.45, 7) is 0. The molecule has 2 aromatic heterocycles. The van der Waals surface area contributed by atoms with Crippen molar-refractivity contribution in [3.8, 4) is 0 Å².